The molecule has 0 aliphatic carbocycles. The van der Waals surface area contributed by atoms with Crippen LogP contribution in [-0.2, 0) is 9.59 Å². The molecule has 0 radical (unpaired) electrons. The Balaban J connectivity index is 1.60. The van der Waals surface area contributed by atoms with Crippen molar-refractivity contribution in [1.29, 1.82) is 0 Å². The van der Waals surface area contributed by atoms with Gasteiger partial charge in [-0.25, -0.2) is 4.90 Å². The molecule has 2 amide bonds. The Morgan fingerprint density at radius 2 is 1.70 bits per heavy atom. The number of hydrogen-bond acceptors (Lipinski definition) is 5. The second kappa shape index (κ2) is 6.76. The maximum absolute atomic E-state index is 13.6. The zero-order valence-corrected chi connectivity index (χ0v) is 16.7. The number of Topliss-reactive ketones (excluding diaryl/α,β-unsaturated/α-hetero) is 1. The molecular formula is C24H21N3O3. The van der Waals surface area contributed by atoms with E-state index in [4.69, 9.17) is 0 Å². The summed E-state index contributed by atoms with van der Waals surface area (Å²) in [5.41, 5.74) is 3.02. The number of allylic oxidation sites excluding steroid dienone is 1. The van der Waals surface area contributed by atoms with Crippen LogP contribution in [0.4, 0.5) is 5.69 Å². The van der Waals surface area contributed by atoms with Gasteiger partial charge in [0.1, 0.15) is 6.04 Å². The summed E-state index contributed by atoms with van der Waals surface area (Å²) < 4.78 is 0. The van der Waals surface area contributed by atoms with Crippen molar-refractivity contribution >= 4 is 29.5 Å². The minimum Gasteiger partial charge on any atom is -0.292 e. The number of nitrogens with zero attached hydrogens (tertiary/aromatic N) is 3. The summed E-state index contributed by atoms with van der Waals surface area (Å²) in [6.07, 6.45) is 5.23. The van der Waals surface area contributed by atoms with E-state index in [0.717, 1.165) is 11.1 Å². The van der Waals surface area contributed by atoms with Crippen LogP contribution in [0.1, 0.15) is 21.5 Å². The molecule has 0 unspecified atom stereocenters. The molecule has 0 N–H and O–H groups in total. The van der Waals surface area contributed by atoms with E-state index in [1.165, 1.54) is 4.90 Å². The first-order chi connectivity index (χ1) is 14.5. The van der Waals surface area contributed by atoms with Gasteiger partial charge >= 0.3 is 0 Å². The molecule has 0 saturated carbocycles. The molecule has 30 heavy (non-hydrogen) atoms. The lowest BCUT2D eigenvalue weighted by atomic mass is 9.86. The smallest absolute Gasteiger partial charge is 0.240 e. The summed E-state index contributed by atoms with van der Waals surface area (Å²) in [4.78, 5) is 41.8. The molecule has 4 atom stereocenters. The zero-order valence-electron chi connectivity index (χ0n) is 16.7. The van der Waals surface area contributed by atoms with Crippen LogP contribution in [-0.4, -0.2) is 40.9 Å². The summed E-state index contributed by atoms with van der Waals surface area (Å²) in [7, 11) is 0. The molecular weight excluding hydrogens is 378 g/mol. The van der Waals surface area contributed by atoms with Crippen molar-refractivity contribution in [1.82, 2.24) is 5.01 Å². The van der Waals surface area contributed by atoms with Gasteiger partial charge in [-0.1, -0.05) is 54.1 Å². The molecule has 2 aromatic rings. The number of rotatable bonds is 3. The number of imide groups is 1. The lowest BCUT2D eigenvalue weighted by Gasteiger charge is -2.30. The average molecular weight is 399 g/mol. The number of amides is 2. The van der Waals surface area contributed by atoms with Crippen LogP contribution in [0.3, 0.4) is 0 Å². The van der Waals surface area contributed by atoms with Gasteiger partial charge in [0, 0.05) is 11.8 Å². The fourth-order valence-electron chi connectivity index (χ4n) is 4.90. The lowest BCUT2D eigenvalue weighted by molar-refractivity contribution is -0.123. The lowest BCUT2D eigenvalue weighted by Crippen LogP contribution is -2.46. The van der Waals surface area contributed by atoms with Gasteiger partial charge < -0.3 is 0 Å². The molecule has 3 aliphatic heterocycles. The number of anilines is 1. The first-order valence-corrected chi connectivity index (χ1v) is 10.0. The van der Waals surface area contributed by atoms with E-state index in [0.29, 0.717) is 11.3 Å². The van der Waals surface area contributed by atoms with Crippen LogP contribution in [0.2, 0.25) is 0 Å². The highest BCUT2D eigenvalue weighted by Crippen LogP contribution is 2.46. The number of aryl methyl sites for hydroxylation is 2. The number of carbonyl (C=O) groups excluding carboxylic acids is 3. The van der Waals surface area contributed by atoms with Crippen molar-refractivity contribution in [2.75, 3.05) is 4.90 Å². The van der Waals surface area contributed by atoms with Crippen LogP contribution in [0, 0.1) is 25.7 Å². The maximum Gasteiger partial charge on any atom is 0.240 e. The van der Waals surface area contributed by atoms with Gasteiger partial charge in [0.25, 0.3) is 0 Å². The molecule has 2 aromatic carbocycles. The van der Waals surface area contributed by atoms with Crippen LogP contribution < -0.4 is 4.90 Å². The topological polar surface area (TPSA) is 70.1 Å². The highest BCUT2D eigenvalue weighted by atomic mass is 16.2. The van der Waals surface area contributed by atoms with Gasteiger partial charge in [-0.2, -0.15) is 5.10 Å². The van der Waals surface area contributed by atoms with Crippen LogP contribution in [0.5, 0.6) is 0 Å². The monoisotopic (exact) mass is 399 g/mol. The minimum absolute atomic E-state index is 0.191. The van der Waals surface area contributed by atoms with E-state index >= 15 is 0 Å². The summed E-state index contributed by atoms with van der Waals surface area (Å²) in [5, 5.41) is 6.01. The summed E-state index contributed by atoms with van der Waals surface area (Å²) in [5.74, 6) is -2.19. The van der Waals surface area contributed by atoms with E-state index < -0.39 is 23.9 Å². The number of benzene rings is 2. The van der Waals surface area contributed by atoms with Crippen LogP contribution in [0.25, 0.3) is 0 Å². The fraction of sp³-hybridized carbons (Fsp3) is 0.250. The van der Waals surface area contributed by atoms with Crippen molar-refractivity contribution in [2.24, 2.45) is 16.9 Å². The van der Waals surface area contributed by atoms with E-state index in [1.807, 2.05) is 44.2 Å². The van der Waals surface area contributed by atoms with Crippen molar-refractivity contribution in [3.8, 4) is 0 Å². The Labute approximate surface area is 174 Å². The SMILES string of the molecule is Cc1ccc(N2C(=O)[C@@H]3[C@H](C2=O)[C@H](C(=O)c2ccccc2)N2N=CC=C[C@H]32)c(C)c1. The van der Waals surface area contributed by atoms with Gasteiger partial charge in [-0.15, -0.1) is 0 Å². The highest BCUT2D eigenvalue weighted by Gasteiger charge is 2.64. The van der Waals surface area contributed by atoms with Crippen LogP contribution in [0.15, 0.2) is 65.8 Å². The van der Waals surface area contributed by atoms with Gasteiger partial charge in [0.2, 0.25) is 11.8 Å². The normalized spacial score (nSPS) is 26.9. The highest BCUT2D eigenvalue weighted by molar-refractivity contribution is 6.25. The van der Waals surface area contributed by atoms with Gasteiger partial charge in [0.05, 0.1) is 23.6 Å². The molecule has 0 spiro atoms. The molecule has 5 rings (SSSR count). The van der Waals surface area contributed by atoms with Crippen molar-refractivity contribution < 1.29 is 14.4 Å². The second-order valence-corrected chi connectivity index (χ2v) is 8.05. The standard InChI is InChI=1S/C24H21N3O3/c1-14-10-11-17(15(2)13-14)26-23(29)19-18-9-6-12-25-27(18)21(20(19)24(26)30)22(28)16-7-4-3-5-8-16/h3-13,18-21H,1-2H3/t18-,19+,20+,21-/m1/s1. The summed E-state index contributed by atoms with van der Waals surface area (Å²) in [6.45, 7) is 3.86. The summed E-state index contributed by atoms with van der Waals surface area (Å²) in [6, 6.07) is 13.3. The van der Waals surface area contributed by atoms with E-state index in [1.54, 1.807) is 41.6 Å². The average Bonchev–Trinajstić information content (AvgIpc) is 3.22. The predicted molar refractivity (Wildman–Crippen MR) is 113 cm³/mol. The number of fused-ring (bicyclic) bond motifs is 3. The predicted octanol–water partition coefficient (Wildman–Crippen LogP) is 2.90. The second-order valence-electron chi connectivity index (χ2n) is 8.05. The molecule has 0 bridgehead atoms. The molecule has 3 aliphatic rings. The third kappa shape index (κ3) is 2.56. The molecule has 3 heterocycles. The van der Waals surface area contributed by atoms with Crippen molar-refractivity contribution in [2.45, 2.75) is 25.9 Å². The van der Waals surface area contributed by atoms with Crippen molar-refractivity contribution in [3.05, 3.63) is 77.4 Å². The van der Waals surface area contributed by atoms with Gasteiger partial charge in [-0.3, -0.25) is 19.4 Å². The number of ketones is 1. The molecule has 6 heteroatoms. The minimum atomic E-state index is -0.809. The molecule has 2 saturated heterocycles. The molecule has 0 aromatic heterocycles. The largest absolute Gasteiger partial charge is 0.292 e. The third-order valence-electron chi connectivity index (χ3n) is 6.21. The Morgan fingerprint density at radius 1 is 0.967 bits per heavy atom. The molecule has 6 nitrogen and oxygen atoms in total. The van der Waals surface area contributed by atoms with E-state index in [9.17, 15) is 14.4 Å². The van der Waals surface area contributed by atoms with E-state index in [-0.39, 0.29) is 17.6 Å². The Kier molecular flexibility index (Phi) is 4.17. The number of hydrogen-bond donors (Lipinski definition) is 0. The first-order valence-electron chi connectivity index (χ1n) is 10.0. The number of hydrazone groups is 1. The summed E-state index contributed by atoms with van der Waals surface area (Å²) >= 11 is 0. The quantitative estimate of drug-likeness (QED) is 0.588. The van der Waals surface area contributed by atoms with Crippen LogP contribution >= 0.6 is 0 Å². The Morgan fingerprint density at radius 3 is 2.43 bits per heavy atom. The zero-order chi connectivity index (χ0) is 21.0. The Bertz CT molecular complexity index is 1120. The van der Waals surface area contributed by atoms with Gasteiger partial charge in [-0.05, 0) is 31.6 Å². The third-order valence-corrected chi connectivity index (χ3v) is 6.21. The molecule has 2 fully saturated rings. The molecule has 150 valence electrons. The van der Waals surface area contributed by atoms with Crippen molar-refractivity contribution in [3.63, 3.8) is 0 Å². The van der Waals surface area contributed by atoms with Gasteiger partial charge in [0.15, 0.2) is 5.78 Å². The van der Waals surface area contributed by atoms with E-state index in [2.05, 4.69) is 5.10 Å². The number of carbonyl (C=O) groups is 3. The first kappa shape index (κ1) is 18.5. The Hall–Kier alpha value is -3.54. The fourth-order valence-corrected chi connectivity index (χ4v) is 4.90. The maximum atomic E-state index is 13.6.